The van der Waals surface area contributed by atoms with Gasteiger partial charge in [0.25, 0.3) is 0 Å². The van der Waals surface area contributed by atoms with Crippen molar-refractivity contribution in [3.05, 3.63) is 26.8 Å². The first kappa shape index (κ1) is 16.1. The third-order valence-corrected chi connectivity index (χ3v) is 3.59. The van der Waals surface area contributed by atoms with Crippen molar-refractivity contribution in [1.82, 2.24) is 0 Å². The highest BCUT2D eigenvalue weighted by Crippen LogP contribution is 2.39. The summed E-state index contributed by atoms with van der Waals surface area (Å²) in [5.41, 5.74) is -4.64. The maximum atomic E-state index is 12.4. The van der Waals surface area contributed by atoms with Gasteiger partial charge >= 0.3 is 11.5 Å². The van der Waals surface area contributed by atoms with E-state index in [9.17, 15) is 18.0 Å². The van der Waals surface area contributed by atoms with Gasteiger partial charge in [-0.3, -0.25) is 0 Å². The van der Waals surface area contributed by atoms with Crippen LogP contribution >= 0.6 is 34.4 Å². The van der Waals surface area contributed by atoms with Gasteiger partial charge in [0.05, 0.1) is 17.7 Å². The molecule has 0 N–H and O–H groups in total. The molecule has 0 fully saturated rings. The van der Waals surface area contributed by atoms with E-state index < -0.39 is 23.2 Å². The summed E-state index contributed by atoms with van der Waals surface area (Å²) in [5.74, 6) is -0.836. The first-order chi connectivity index (χ1) is 8.78. The number of rotatable bonds is 3. The molecular weight excluding hydrogens is 394 g/mol. The number of hydrogen-bond acceptors (Lipinski definition) is 4. The van der Waals surface area contributed by atoms with E-state index >= 15 is 0 Å². The smallest absolute Gasteiger partial charge is 0.446 e. The molecule has 0 atom stereocenters. The number of nitrogens with zero attached hydrogens (tertiary/aromatic N) is 1. The molecule has 0 radical (unpaired) electrons. The third-order valence-electron chi connectivity index (χ3n) is 1.91. The van der Waals surface area contributed by atoms with E-state index in [0.717, 1.165) is 6.07 Å². The zero-order chi connectivity index (χ0) is 14.6. The van der Waals surface area contributed by atoms with Crippen LogP contribution in [0.5, 0.6) is 0 Å². The number of hydrogen-bond donors (Lipinski definition) is 0. The molecule has 8 heteroatoms. The molecule has 0 aliphatic heterocycles. The highest BCUT2D eigenvalue weighted by molar-refractivity contribution is 14.1. The SMILES string of the molecule is CCOC(=O)c1cc(I)c(C#N)cc1SC(F)(F)F. The van der Waals surface area contributed by atoms with E-state index in [4.69, 9.17) is 10.00 Å². The Bertz CT molecular complexity index is 540. The molecule has 1 aromatic rings. The minimum Gasteiger partial charge on any atom is -0.462 e. The lowest BCUT2D eigenvalue weighted by Gasteiger charge is -2.11. The van der Waals surface area contributed by atoms with Crippen molar-refractivity contribution in [3.8, 4) is 6.07 Å². The van der Waals surface area contributed by atoms with Crippen LogP contribution in [0, 0.1) is 14.9 Å². The monoisotopic (exact) mass is 401 g/mol. The molecule has 0 saturated heterocycles. The minimum atomic E-state index is -4.54. The van der Waals surface area contributed by atoms with Crippen LogP contribution in [0.1, 0.15) is 22.8 Å². The topological polar surface area (TPSA) is 50.1 Å². The molecule has 0 aliphatic carbocycles. The molecule has 19 heavy (non-hydrogen) atoms. The number of nitriles is 1. The molecule has 3 nitrogen and oxygen atoms in total. The summed E-state index contributed by atoms with van der Waals surface area (Å²) >= 11 is 1.35. The molecule has 1 rings (SSSR count). The Hall–Kier alpha value is -0.950. The molecule has 0 spiro atoms. The van der Waals surface area contributed by atoms with Crippen LogP contribution in [0.4, 0.5) is 13.2 Å². The van der Waals surface area contributed by atoms with Crippen LogP contribution in [-0.4, -0.2) is 18.1 Å². The summed E-state index contributed by atoms with van der Waals surface area (Å²) < 4.78 is 42.4. The lowest BCUT2D eigenvalue weighted by atomic mass is 10.1. The zero-order valence-electron chi connectivity index (χ0n) is 9.55. The summed E-state index contributed by atoms with van der Waals surface area (Å²) in [5, 5.41) is 8.81. The van der Waals surface area contributed by atoms with E-state index in [1.807, 2.05) is 0 Å². The van der Waals surface area contributed by atoms with Crippen LogP contribution in [0.25, 0.3) is 0 Å². The quantitative estimate of drug-likeness (QED) is 0.437. The van der Waals surface area contributed by atoms with E-state index in [2.05, 4.69) is 0 Å². The molecule has 0 aliphatic rings. The van der Waals surface area contributed by atoms with Gasteiger partial charge in [0, 0.05) is 8.47 Å². The number of carbonyl (C=O) groups is 1. The summed E-state index contributed by atoms with van der Waals surface area (Å²) in [4.78, 5) is 11.3. The van der Waals surface area contributed by atoms with Gasteiger partial charge in [0.15, 0.2) is 0 Å². The van der Waals surface area contributed by atoms with Crippen molar-refractivity contribution < 1.29 is 22.7 Å². The van der Waals surface area contributed by atoms with Gasteiger partial charge < -0.3 is 4.74 Å². The standard InChI is InChI=1S/C11H7F3INO2S/c1-2-18-10(17)7-4-8(15)6(5-16)3-9(7)19-11(12,13)14/h3-4H,2H2,1H3. The maximum absolute atomic E-state index is 12.4. The first-order valence-electron chi connectivity index (χ1n) is 4.95. The normalized spacial score (nSPS) is 10.9. The number of esters is 1. The van der Waals surface area contributed by atoms with Crippen molar-refractivity contribution >= 4 is 40.3 Å². The average Bonchev–Trinajstić information content (AvgIpc) is 2.29. The molecular formula is C11H7F3INO2S. The van der Waals surface area contributed by atoms with E-state index in [1.54, 1.807) is 35.6 Å². The van der Waals surface area contributed by atoms with Gasteiger partial charge in [-0.25, -0.2) is 4.79 Å². The predicted octanol–water partition coefficient (Wildman–Crippen LogP) is 3.95. The lowest BCUT2D eigenvalue weighted by molar-refractivity contribution is -0.0328. The second-order valence-electron chi connectivity index (χ2n) is 3.21. The van der Waals surface area contributed by atoms with Crippen LogP contribution in [0.3, 0.4) is 0 Å². The fourth-order valence-corrected chi connectivity index (χ4v) is 2.48. The van der Waals surface area contributed by atoms with Crippen LogP contribution < -0.4 is 0 Å². The molecule has 0 aromatic heterocycles. The van der Waals surface area contributed by atoms with Crippen LogP contribution in [0.15, 0.2) is 17.0 Å². The Kier molecular flexibility index (Phi) is 5.49. The minimum absolute atomic E-state index is 0.0610. The van der Waals surface area contributed by atoms with Crippen molar-refractivity contribution in [3.63, 3.8) is 0 Å². The van der Waals surface area contributed by atoms with E-state index in [1.165, 1.54) is 6.07 Å². The largest absolute Gasteiger partial charge is 0.462 e. The van der Waals surface area contributed by atoms with Crippen molar-refractivity contribution in [2.45, 2.75) is 17.3 Å². The van der Waals surface area contributed by atoms with E-state index in [0.29, 0.717) is 3.57 Å². The Morgan fingerprint density at radius 1 is 1.53 bits per heavy atom. The molecule has 1 aromatic carbocycles. The fourth-order valence-electron chi connectivity index (χ4n) is 1.22. The first-order valence-corrected chi connectivity index (χ1v) is 6.84. The summed E-state index contributed by atoms with van der Waals surface area (Å²) in [6, 6.07) is 4.05. The zero-order valence-corrected chi connectivity index (χ0v) is 12.5. The predicted molar refractivity (Wildman–Crippen MR) is 71.7 cm³/mol. The average molecular weight is 401 g/mol. The number of halogens is 4. The summed E-state index contributed by atoms with van der Waals surface area (Å²) in [6.07, 6.45) is 0. The molecule has 0 heterocycles. The number of ether oxygens (including phenoxy) is 1. The van der Waals surface area contributed by atoms with Gasteiger partial charge in [0.1, 0.15) is 6.07 Å². The Morgan fingerprint density at radius 3 is 2.63 bits per heavy atom. The van der Waals surface area contributed by atoms with Gasteiger partial charge in [-0.2, -0.15) is 18.4 Å². The molecule has 102 valence electrons. The number of carbonyl (C=O) groups excluding carboxylic acids is 1. The Balaban J connectivity index is 3.31. The second kappa shape index (κ2) is 6.47. The van der Waals surface area contributed by atoms with Crippen LogP contribution in [-0.2, 0) is 4.74 Å². The highest BCUT2D eigenvalue weighted by Gasteiger charge is 2.32. The second-order valence-corrected chi connectivity index (χ2v) is 5.48. The maximum Gasteiger partial charge on any atom is 0.446 e. The summed E-state index contributed by atoms with van der Waals surface area (Å²) in [7, 11) is 0. The van der Waals surface area contributed by atoms with Gasteiger partial charge in [0.2, 0.25) is 0 Å². The third kappa shape index (κ3) is 4.58. The lowest BCUT2D eigenvalue weighted by Crippen LogP contribution is -2.09. The Morgan fingerprint density at radius 2 is 2.16 bits per heavy atom. The van der Waals surface area contributed by atoms with E-state index in [-0.39, 0.29) is 22.6 Å². The fraction of sp³-hybridized carbons (Fsp3) is 0.273. The van der Waals surface area contributed by atoms with Crippen molar-refractivity contribution in [1.29, 1.82) is 5.26 Å². The summed E-state index contributed by atoms with van der Waals surface area (Å²) in [6.45, 7) is 1.62. The van der Waals surface area contributed by atoms with Crippen LogP contribution in [0.2, 0.25) is 0 Å². The van der Waals surface area contributed by atoms with Gasteiger partial charge in [-0.15, -0.1) is 0 Å². The Labute approximate surface area is 125 Å². The molecule has 0 unspecified atom stereocenters. The molecule has 0 amide bonds. The molecule has 0 bridgehead atoms. The highest BCUT2D eigenvalue weighted by atomic mass is 127. The number of alkyl halides is 3. The number of thioether (sulfide) groups is 1. The van der Waals surface area contributed by atoms with Crippen molar-refractivity contribution in [2.24, 2.45) is 0 Å². The molecule has 0 saturated carbocycles. The van der Waals surface area contributed by atoms with Crippen molar-refractivity contribution in [2.75, 3.05) is 6.61 Å². The van der Waals surface area contributed by atoms with Gasteiger partial charge in [-0.05, 0) is 53.4 Å². The van der Waals surface area contributed by atoms with Gasteiger partial charge in [-0.1, -0.05) is 0 Å². The number of benzene rings is 1.